The highest BCUT2D eigenvalue weighted by Gasteiger charge is 2.24. The molecule has 23 heavy (non-hydrogen) atoms. The molecule has 0 bridgehead atoms. The van der Waals surface area contributed by atoms with Crippen LogP contribution in [-0.4, -0.2) is 42.6 Å². The summed E-state index contributed by atoms with van der Waals surface area (Å²) in [7, 11) is 0. The van der Waals surface area contributed by atoms with Crippen LogP contribution in [0.2, 0.25) is 0 Å². The van der Waals surface area contributed by atoms with Crippen LogP contribution in [-0.2, 0) is 4.74 Å². The number of rotatable bonds is 5. The maximum atomic E-state index is 11.9. The summed E-state index contributed by atoms with van der Waals surface area (Å²) in [5.41, 5.74) is 6.63. The number of anilines is 1. The quantitative estimate of drug-likeness (QED) is 0.873. The van der Waals surface area contributed by atoms with Crippen molar-refractivity contribution in [3.8, 4) is 0 Å². The predicted molar refractivity (Wildman–Crippen MR) is 89.4 cm³/mol. The van der Waals surface area contributed by atoms with Crippen molar-refractivity contribution in [1.29, 1.82) is 0 Å². The molecule has 1 heterocycles. The molecule has 126 valence electrons. The van der Waals surface area contributed by atoms with Crippen molar-refractivity contribution in [1.82, 2.24) is 4.90 Å². The summed E-state index contributed by atoms with van der Waals surface area (Å²) in [4.78, 5) is 25.1. The molecule has 1 aliphatic heterocycles. The number of nitrogens with zero attached hydrogens (tertiary/aromatic N) is 1. The van der Waals surface area contributed by atoms with E-state index in [-0.39, 0.29) is 12.1 Å². The van der Waals surface area contributed by atoms with Gasteiger partial charge in [0, 0.05) is 24.8 Å². The molecule has 2 amide bonds. The first kappa shape index (κ1) is 17.1. The fraction of sp³-hybridized carbons (Fsp3) is 0.529. The SMILES string of the molecule is CC(C)COC(=O)N1CCC(Nc2ccccc2C(N)=O)CC1. The number of amides is 2. The zero-order valence-corrected chi connectivity index (χ0v) is 13.7. The third-order valence-electron chi connectivity index (χ3n) is 3.85. The van der Waals surface area contributed by atoms with E-state index in [1.54, 1.807) is 17.0 Å². The first-order valence-corrected chi connectivity index (χ1v) is 8.04. The van der Waals surface area contributed by atoms with Crippen molar-refractivity contribution in [3.05, 3.63) is 29.8 Å². The molecule has 0 atom stereocenters. The van der Waals surface area contributed by atoms with E-state index in [1.807, 2.05) is 26.0 Å². The largest absolute Gasteiger partial charge is 0.449 e. The van der Waals surface area contributed by atoms with E-state index in [4.69, 9.17) is 10.5 Å². The fourth-order valence-corrected chi connectivity index (χ4v) is 2.58. The summed E-state index contributed by atoms with van der Waals surface area (Å²) in [5, 5.41) is 3.36. The van der Waals surface area contributed by atoms with Gasteiger partial charge in [0.05, 0.1) is 12.2 Å². The molecule has 1 saturated heterocycles. The van der Waals surface area contributed by atoms with Gasteiger partial charge in [-0.25, -0.2) is 4.79 Å². The average Bonchev–Trinajstić information content (AvgIpc) is 2.53. The van der Waals surface area contributed by atoms with Gasteiger partial charge in [-0.15, -0.1) is 0 Å². The number of hydrogen-bond donors (Lipinski definition) is 2. The normalized spacial score (nSPS) is 15.5. The van der Waals surface area contributed by atoms with Gasteiger partial charge in [-0.1, -0.05) is 26.0 Å². The molecular weight excluding hydrogens is 294 g/mol. The highest BCUT2D eigenvalue weighted by molar-refractivity contribution is 5.98. The van der Waals surface area contributed by atoms with Gasteiger partial charge in [-0.2, -0.15) is 0 Å². The van der Waals surface area contributed by atoms with Crippen LogP contribution >= 0.6 is 0 Å². The van der Waals surface area contributed by atoms with Crippen molar-refractivity contribution < 1.29 is 14.3 Å². The van der Waals surface area contributed by atoms with Gasteiger partial charge in [0.15, 0.2) is 0 Å². The van der Waals surface area contributed by atoms with Crippen molar-refractivity contribution in [2.75, 3.05) is 25.0 Å². The molecule has 3 N–H and O–H groups in total. The Morgan fingerprint density at radius 3 is 2.57 bits per heavy atom. The van der Waals surface area contributed by atoms with Crippen molar-refractivity contribution in [3.63, 3.8) is 0 Å². The highest BCUT2D eigenvalue weighted by Crippen LogP contribution is 2.20. The minimum atomic E-state index is -0.442. The van der Waals surface area contributed by atoms with Crippen LogP contribution in [0, 0.1) is 5.92 Å². The summed E-state index contributed by atoms with van der Waals surface area (Å²) in [5.74, 6) is -0.105. The van der Waals surface area contributed by atoms with Crippen LogP contribution in [0.15, 0.2) is 24.3 Å². The molecule has 1 aliphatic rings. The second-order valence-electron chi connectivity index (χ2n) is 6.29. The van der Waals surface area contributed by atoms with Crippen LogP contribution in [0.5, 0.6) is 0 Å². The zero-order chi connectivity index (χ0) is 16.8. The van der Waals surface area contributed by atoms with Crippen molar-refractivity contribution >= 4 is 17.7 Å². The fourth-order valence-electron chi connectivity index (χ4n) is 2.58. The average molecular weight is 319 g/mol. The smallest absolute Gasteiger partial charge is 0.409 e. The van der Waals surface area contributed by atoms with Crippen LogP contribution in [0.4, 0.5) is 10.5 Å². The highest BCUT2D eigenvalue weighted by atomic mass is 16.6. The molecule has 1 fully saturated rings. The Morgan fingerprint density at radius 1 is 1.30 bits per heavy atom. The van der Waals surface area contributed by atoms with Crippen LogP contribution < -0.4 is 11.1 Å². The monoisotopic (exact) mass is 319 g/mol. The van der Waals surface area contributed by atoms with Crippen molar-refractivity contribution in [2.45, 2.75) is 32.7 Å². The number of carbonyl (C=O) groups excluding carboxylic acids is 2. The molecule has 1 aromatic carbocycles. The summed E-state index contributed by atoms with van der Waals surface area (Å²) in [6, 6.07) is 7.43. The van der Waals surface area contributed by atoms with Gasteiger partial charge in [0.2, 0.25) is 0 Å². The number of benzene rings is 1. The third kappa shape index (κ3) is 4.87. The standard InChI is InChI=1S/C17H25N3O3/c1-12(2)11-23-17(22)20-9-7-13(8-10-20)19-15-6-4-3-5-14(15)16(18)21/h3-6,12-13,19H,7-11H2,1-2H3,(H2,18,21). The molecule has 0 aromatic heterocycles. The van der Waals surface area contributed by atoms with Gasteiger partial charge in [0.1, 0.15) is 0 Å². The van der Waals surface area contributed by atoms with E-state index in [0.29, 0.717) is 31.2 Å². The summed E-state index contributed by atoms with van der Waals surface area (Å²) >= 11 is 0. The number of primary amides is 1. The van der Waals surface area contributed by atoms with Crippen LogP contribution in [0.1, 0.15) is 37.0 Å². The lowest BCUT2D eigenvalue weighted by molar-refractivity contribution is 0.0845. The molecule has 0 saturated carbocycles. The lowest BCUT2D eigenvalue weighted by Crippen LogP contribution is -2.43. The number of piperidine rings is 1. The summed E-state index contributed by atoms with van der Waals surface area (Å²) < 4.78 is 5.25. The predicted octanol–water partition coefficient (Wildman–Crippen LogP) is 2.45. The van der Waals surface area contributed by atoms with Gasteiger partial charge in [0.25, 0.3) is 5.91 Å². The Labute approximate surface area is 137 Å². The zero-order valence-electron chi connectivity index (χ0n) is 13.7. The Bertz CT molecular complexity index is 552. The number of carbonyl (C=O) groups is 2. The maximum Gasteiger partial charge on any atom is 0.409 e. The van der Waals surface area contributed by atoms with Gasteiger partial charge in [-0.05, 0) is 30.9 Å². The van der Waals surface area contributed by atoms with E-state index in [0.717, 1.165) is 18.5 Å². The number of hydrogen-bond acceptors (Lipinski definition) is 4. The molecule has 6 nitrogen and oxygen atoms in total. The molecule has 0 radical (unpaired) electrons. The topological polar surface area (TPSA) is 84.7 Å². The molecule has 0 unspecified atom stereocenters. The molecule has 0 aliphatic carbocycles. The van der Waals surface area contributed by atoms with E-state index >= 15 is 0 Å². The summed E-state index contributed by atoms with van der Waals surface area (Å²) in [6.07, 6.45) is 1.38. The van der Waals surface area contributed by atoms with E-state index in [1.165, 1.54) is 0 Å². The van der Waals surface area contributed by atoms with E-state index < -0.39 is 5.91 Å². The van der Waals surface area contributed by atoms with Gasteiger partial charge >= 0.3 is 6.09 Å². The molecular formula is C17H25N3O3. The Balaban J connectivity index is 1.86. The van der Waals surface area contributed by atoms with Gasteiger partial charge < -0.3 is 20.7 Å². The van der Waals surface area contributed by atoms with E-state index in [2.05, 4.69) is 5.32 Å². The van der Waals surface area contributed by atoms with E-state index in [9.17, 15) is 9.59 Å². The van der Waals surface area contributed by atoms with Crippen LogP contribution in [0.3, 0.4) is 0 Å². The minimum absolute atomic E-state index is 0.213. The molecule has 1 aromatic rings. The Morgan fingerprint density at radius 2 is 1.96 bits per heavy atom. The van der Waals surface area contributed by atoms with Crippen molar-refractivity contribution in [2.24, 2.45) is 11.7 Å². The van der Waals surface area contributed by atoms with Gasteiger partial charge in [-0.3, -0.25) is 4.79 Å². The number of likely N-dealkylation sites (tertiary alicyclic amines) is 1. The molecule has 2 rings (SSSR count). The maximum absolute atomic E-state index is 11.9. The molecule has 6 heteroatoms. The number of nitrogens with two attached hydrogens (primary N) is 1. The number of para-hydroxylation sites is 1. The first-order chi connectivity index (χ1) is 11.0. The second-order valence-corrected chi connectivity index (χ2v) is 6.29. The number of nitrogens with one attached hydrogen (secondary N) is 1. The Hall–Kier alpha value is -2.24. The van der Waals surface area contributed by atoms with Crippen LogP contribution in [0.25, 0.3) is 0 Å². The summed E-state index contributed by atoms with van der Waals surface area (Å²) in [6.45, 7) is 5.77. The second kappa shape index (κ2) is 7.85. The number of ether oxygens (including phenoxy) is 1. The minimum Gasteiger partial charge on any atom is -0.449 e. The molecule has 0 spiro atoms. The third-order valence-corrected chi connectivity index (χ3v) is 3.85. The lowest BCUT2D eigenvalue weighted by atomic mass is 10.0. The lowest BCUT2D eigenvalue weighted by Gasteiger charge is -2.32. The Kier molecular flexibility index (Phi) is 5.84. The first-order valence-electron chi connectivity index (χ1n) is 8.04.